The molecule has 2 aromatic carbocycles. The second-order valence-corrected chi connectivity index (χ2v) is 11.5. The maximum atomic E-state index is 12.3. The number of aromatic carboxylic acids is 1. The average Bonchev–Trinajstić information content (AvgIpc) is 3.42. The number of carboxylic acids is 1. The molecule has 2 aromatic heterocycles. The number of halogens is 1. The van der Waals surface area contributed by atoms with Crippen LogP contribution in [0.15, 0.2) is 91.6 Å². The fourth-order valence-electron chi connectivity index (χ4n) is 4.44. The van der Waals surface area contributed by atoms with Crippen molar-refractivity contribution < 1.29 is 38.5 Å². The highest BCUT2D eigenvalue weighted by Gasteiger charge is 2.23. The highest BCUT2D eigenvalue weighted by Crippen LogP contribution is 2.36. The average molecular weight is 639 g/mol. The van der Waals surface area contributed by atoms with Crippen LogP contribution in [-0.2, 0) is 6.42 Å². The van der Waals surface area contributed by atoms with Gasteiger partial charge in [-0.15, -0.1) is 11.8 Å². The molecule has 9 nitrogen and oxygen atoms in total. The second kappa shape index (κ2) is 15.0. The van der Waals surface area contributed by atoms with Crippen LogP contribution in [0.2, 0.25) is 5.02 Å². The number of fused-ring (bicyclic) bond motifs is 1. The summed E-state index contributed by atoms with van der Waals surface area (Å²) >= 11 is 7.25. The van der Waals surface area contributed by atoms with Crippen molar-refractivity contribution in [2.45, 2.75) is 49.4 Å². The molecule has 0 aliphatic heterocycles. The number of carbonyl (C=O) groups is 2. The van der Waals surface area contributed by atoms with Gasteiger partial charge in [-0.1, -0.05) is 49.2 Å². The molecule has 0 saturated carbocycles. The number of aliphatic hydroxyl groups is 1. The summed E-state index contributed by atoms with van der Waals surface area (Å²) in [5.41, 5.74) is 0.533. The monoisotopic (exact) mass is 638 g/mol. The van der Waals surface area contributed by atoms with Crippen LogP contribution in [0, 0.1) is 0 Å². The largest absolute Gasteiger partial charge is 0.507 e. The fraction of sp³-hybridized carbons (Fsp3) is 0.242. The molecule has 0 spiro atoms. The molecule has 0 bridgehead atoms. The van der Waals surface area contributed by atoms with Gasteiger partial charge in [-0.05, 0) is 50.1 Å². The Kier molecular flexibility index (Phi) is 11.1. The predicted molar refractivity (Wildman–Crippen MR) is 168 cm³/mol. The first kappa shape index (κ1) is 32.7. The number of rotatable bonds is 14. The van der Waals surface area contributed by atoms with Crippen molar-refractivity contribution in [1.82, 2.24) is 0 Å². The predicted octanol–water partition coefficient (Wildman–Crippen LogP) is 7.37. The van der Waals surface area contributed by atoms with E-state index >= 15 is 0 Å². The minimum atomic E-state index is -1.35. The first-order chi connectivity index (χ1) is 21.1. The van der Waals surface area contributed by atoms with Gasteiger partial charge in [-0.25, -0.2) is 4.79 Å². The van der Waals surface area contributed by atoms with E-state index in [1.165, 1.54) is 31.0 Å². The number of aliphatic hydroxyl groups excluding tert-OH is 1. The Morgan fingerprint density at radius 3 is 2.61 bits per heavy atom. The minimum Gasteiger partial charge on any atom is -0.507 e. The molecule has 0 aliphatic carbocycles. The number of benzene rings is 2. The van der Waals surface area contributed by atoms with Gasteiger partial charge in [0, 0.05) is 22.6 Å². The van der Waals surface area contributed by atoms with Crippen LogP contribution in [-0.4, -0.2) is 38.9 Å². The first-order valence-corrected chi connectivity index (χ1v) is 15.1. The smallest absolute Gasteiger partial charge is 0.371 e. The third-order valence-corrected chi connectivity index (χ3v) is 7.99. The number of allylic oxidation sites excluding steroid dienone is 2. The van der Waals surface area contributed by atoms with E-state index < -0.39 is 28.5 Å². The summed E-state index contributed by atoms with van der Waals surface area (Å²) in [7, 11) is 0. The summed E-state index contributed by atoms with van der Waals surface area (Å²) in [5, 5.41) is 30.9. The van der Waals surface area contributed by atoms with E-state index in [0.717, 1.165) is 12.5 Å². The Balaban J connectivity index is 1.46. The molecule has 4 aromatic rings. The quantitative estimate of drug-likeness (QED) is 0.0553. The standard InChI is InChI=1S/C33H31ClO9S/c1-3-8-24-26(13-12-22(19(2)35)31(24)37)41-14-7-5-4-6-9-30(32(38)28-15-20(34)18-42-28)44-21-10-11-23-25(36)17-29(33(39)40)43-27(23)16-21/h4-6,9-13,15-18,30,32,37-38H,3,7-8,14H2,1-2H3,(H,39,40)/t30-,32+/m0/s1. The van der Waals surface area contributed by atoms with Gasteiger partial charge in [0.2, 0.25) is 5.76 Å². The van der Waals surface area contributed by atoms with Crippen LogP contribution >= 0.6 is 23.4 Å². The Morgan fingerprint density at radius 2 is 1.93 bits per heavy atom. The van der Waals surface area contributed by atoms with Crippen LogP contribution < -0.4 is 10.2 Å². The number of Topliss-reactive ketones (excluding diaryl/α,β-unsaturated/α-hetero) is 1. The van der Waals surface area contributed by atoms with Gasteiger partial charge in [0.1, 0.15) is 35.2 Å². The zero-order chi connectivity index (χ0) is 31.8. The molecule has 0 saturated heterocycles. The zero-order valence-corrected chi connectivity index (χ0v) is 25.6. The van der Waals surface area contributed by atoms with Gasteiger partial charge in [0.25, 0.3) is 0 Å². The van der Waals surface area contributed by atoms with Crippen LogP contribution in [0.3, 0.4) is 0 Å². The van der Waals surface area contributed by atoms with E-state index in [4.69, 9.17) is 25.2 Å². The van der Waals surface area contributed by atoms with Crippen molar-refractivity contribution in [1.29, 1.82) is 0 Å². The lowest BCUT2D eigenvalue weighted by molar-refractivity contribution is 0.0662. The third kappa shape index (κ3) is 8.02. The molecular formula is C33H31ClO9S. The van der Waals surface area contributed by atoms with Crippen LogP contribution in [0.25, 0.3) is 11.0 Å². The molecule has 11 heteroatoms. The molecule has 0 unspecified atom stereocenters. The number of carbonyl (C=O) groups excluding carboxylic acids is 1. The van der Waals surface area contributed by atoms with E-state index in [9.17, 15) is 29.7 Å². The normalized spacial score (nSPS) is 13.1. The Morgan fingerprint density at radius 1 is 1.14 bits per heavy atom. The molecule has 0 radical (unpaired) electrons. The summed E-state index contributed by atoms with van der Waals surface area (Å²) in [6.45, 7) is 3.73. The number of carboxylic acid groups (broad SMARTS) is 1. The van der Waals surface area contributed by atoms with E-state index in [1.807, 2.05) is 13.0 Å². The van der Waals surface area contributed by atoms with E-state index in [-0.39, 0.29) is 33.8 Å². The molecule has 0 aliphatic rings. The van der Waals surface area contributed by atoms with Gasteiger partial charge < -0.3 is 28.9 Å². The number of ether oxygens (including phenoxy) is 1. The van der Waals surface area contributed by atoms with Crippen LogP contribution in [0.4, 0.5) is 0 Å². The lowest BCUT2D eigenvalue weighted by atomic mass is 10.0. The number of hydrogen-bond donors (Lipinski definition) is 3. The lowest BCUT2D eigenvalue weighted by Crippen LogP contribution is -2.12. The van der Waals surface area contributed by atoms with E-state index in [2.05, 4.69) is 0 Å². The number of aromatic hydroxyl groups is 1. The van der Waals surface area contributed by atoms with Crippen molar-refractivity contribution in [2.75, 3.05) is 6.61 Å². The van der Waals surface area contributed by atoms with Gasteiger partial charge in [0.15, 0.2) is 11.2 Å². The number of hydrogen-bond acceptors (Lipinski definition) is 9. The van der Waals surface area contributed by atoms with Crippen molar-refractivity contribution in [3.63, 3.8) is 0 Å². The molecule has 2 heterocycles. The van der Waals surface area contributed by atoms with Crippen molar-refractivity contribution in [3.05, 3.63) is 111 Å². The summed E-state index contributed by atoms with van der Waals surface area (Å²) in [4.78, 5) is 36.1. The Labute approximate surface area is 262 Å². The van der Waals surface area contributed by atoms with Crippen LogP contribution in [0.1, 0.15) is 65.0 Å². The van der Waals surface area contributed by atoms with E-state index in [0.29, 0.717) is 40.7 Å². The minimum absolute atomic E-state index is 0.0360. The van der Waals surface area contributed by atoms with Crippen molar-refractivity contribution >= 4 is 46.1 Å². The molecule has 2 atom stereocenters. The third-order valence-electron chi connectivity index (χ3n) is 6.58. The lowest BCUT2D eigenvalue weighted by Gasteiger charge is -2.18. The highest BCUT2D eigenvalue weighted by atomic mass is 35.5. The summed E-state index contributed by atoms with van der Waals surface area (Å²) in [6.07, 6.45) is 9.38. The van der Waals surface area contributed by atoms with Gasteiger partial charge in [0.05, 0.1) is 27.8 Å². The maximum Gasteiger partial charge on any atom is 0.371 e. The first-order valence-electron chi connectivity index (χ1n) is 13.8. The molecular weight excluding hydrogens is 608 g/mol. The topological polar surface area (TPSA) is 147 Å². The van der Waals surface area contributed by atoms with Crippen molar-refractivity contribution in [3.8, 4) is 11.5 Å². The number of phenols is 1. The summed E-state index contributed by atoms with van der Waals surface area (Å²) in [6, 6.07) is 10.5. The van der Waals surface area contributed by atoms with Gasteiger partial charge in [-0.3, -0.25) is 9.59 Å². The summed E-state index contributed by atoms with van der Waals surface area (Å²) in [5.74, 6) is -1.26. The fourth-order valence-corrected chi connectivity index (χ4v) is 5.66. The number of phenolic OH excluding ortho intramolecular Hbond substituents is 1. The number of furan rings is 1. The molecule has 3 N–H and O–H groups in total. The van der Waals surface area contributed by atoms with Crippen molar-refractivity contribution in [2.24, 2.45) is 0 Å². The molecule has 0 fully saturated rings. The van der Waals surface area contributed by atoms with Gasteiger partial charge in [-0.2, -0.15) is 0 Å². The van der Waals surface area contributed by atoms with Crippen LogP contribution in [0.5, 0.6) is 11.5 Å². The zero-order valence-electron chi connectivity index (χ0n) is 24.0. The summed E-state index contributed by atoms with van der Waals surface area (Å²) < 4.78 is 16.7. The highest BCUT2D eigenvalue weighted by molar-refractivity contribution is 8.00. The molecule has 4 rings (SSSR count). The molecule has 0 amide bonds. The van der Waals surface area contributed by atoms with E-state index in [1.54, 1.807) is 48.6 Å². The Hall–Kier alpha value is -4.25. The second-order valence-electron chi connectivity index (χ2n) is 9.83. The van der Waals surface area contributed by atoms with Gasteiger partial charge >= 0.3 is 5.97 Å². The Bertz CT molecular complexity index is 1770. The number of ketones is 1. The molecule has 230 valence electrons. The SMILES string of the molecule is CCCc1c(OCCC=CC=C[C@H](Sc2ccc3c(=O)cc(C(=O)O)oc3c2)[C@H](O)c2cc(Cl)co2)ccc(C(C)=O)c1O. The number of thioether (sulfide) groups is 1. The maximum absolute atomic E-state index is 12.3. The molecule has 44 heavy (non-hydrogen) atoms.